The van der Waals surface area contributed by atoms with Gasteiger partial charge in [0.1, 0.15) is 11.5 Å². The molecule has 2 aromatic rings. The minimum atomic E-state index is -0.569. The molecular formula is C29H32O10. The highest BCUT2D eigenvalue weighted by Crippen LogP contribution is 2.19. The number of carbonyl (C=O) groups is 4. The van der Waals surface area contributed by atoms with E-state index in [2.05, 4.69) is 13.2 Å². The van der Waals surface area contributed by atoms with Gasteiger partial charge in [-0.2, -0.15) is 0 Å². The van der Waals surface area contributed by atoms with Gasteiger partial charge in [0, 0.05) is 11.1 Å². The van der Waals surface area contributed by atoms with Crippen LogP contribution in [0.1, 0.15) is 36.1 Å². The van der Waals surface area contributed by atoms with Crippen LogP contribution in [-0.2, 0) is 51.0 Å². The van der Waals surface area contributed by atoms with Gasteiger partial charge in [0.15, 0.2) is 0 Å². The molecule has 0 unspecified atom stereocenters. The van der Waals surface area contributed by atoms with Crippen molar-refractivity contribution in [2.45, 2.75) is 40.5 Å². The highest BCUT2D eigenvalue weighted by molar-refractivity contribution is 5.87. The second kappa shape index (κ2) is 15.0. The molecule has 0 aliphatic heterocycles. The molecule has 0 saturated carbocycles. The standard InChI is InChI=1S/C29H32O10/c1-18(2)28(32)38-15-34-24-9-7-22(20(5)11-24)13-26(30)36-17-37-27(31)14-23-8-10-25(12-21(23)6)35-16-39-29(33)19(3)4/h7-12H,1,3,13-17H2,2,4-6H3. The molecule has 2 rings (SSSR count). The van der Waals surface area contributed by atoms with E-state index in [1.54, 1.807) is 50.2 Å². The minimum Gasteiger partial charge on any atom is -0.457 e. The Balaban J connectivity index is 1.74. The third-order valence-electron chi connectivity index (χ3n) is 5.27. The number of aryl methyl sites for hydroxylation is 2. The van der Waals surface area contributed by atoms with Crippen molar-refractivity contribution in [3.8, 4) is 11.5 Å². The van der Waals surface area contributed by atoms with Gasteiger partial charge in [-0.1, -0.05) is 25.3 Å². The van der Waals surface area contributed by atoms with E-state index in [1.807, 2.05) is 0 Å². The number of esters is 4. The lowest BCUT2D eigenvalue weighted by molar-refractivity contribution is -0.166. The fourth-order valence-corrected chi connectivity index (χ4v) is 3.04. The van der Waals surface area contributed by atoms with Crippen LogP contribution in [0.4, 0.5) is 0 Å². The number of benzene rings is 2. The number of hydrogen-bond acceptors (Lipinski definition) is 10. The quantitative estimate of drug-likeness (QED) is 0.150. The molecule has 0 N–H and O–H groups in total. The number of rotatable bonds is 14. The van der Waals surface area contributed by atoms with E-state index in [-0.39, 0.29) is 37.6 Å². The SMILES string of the molecule is C=C(C)C(=O)OCOc1ccc(CC(=O)OCOC(=O)Cc2ccc(OCOC(=O)C(=C)C)cc2C)c(C)c1. The van der Waals surface area contributed by atoms with Gasteiger partial charge in [-0.25, -0.2) is 9.59 Å². The summed E-state index contributed by atoms with van der Waals surface area (Å²) in [5.74, 6) is -1.31. The normalized spacial score (nSPS) is 10.2. The highest BCUT2D eigenvalue weighted by Gasteiger charge is 2.13. The Labute approximate surface area is 227 Å². The van der Waals surface area contributed by atoms with E-state index in [1.165, 1.54) is 13.8 Å². The number of ether oxygens (including phenoxy) is 6. The molecule has 0 radical (unpaired) electrons. The van der Waals surface area contributed by atoms with Gasteiger partial charge in [0.25, 0.3) is 0 Å². The van der Waals surface area contributed by atoms with Gasteiger partial charge in [-0.05, 0) is 74.2 Å². The average molecular weight is 541 g/mol. The fraction of sp³-hybridized carbons (Fsp3) is 0.310. The molecule has 0 aliphatic carbocycles. The van der Waals surface area contributed by atoms with E-state index < -0.39 is 30.7 Å². The van der Waals surface area contributed by atoms with Crippen molar-refractivity contribution in [3.63, 3.8) is 0 Å². The van der Waals surface area contributed by atoms with Crippen molar-refractivity contribution in [1.82, 2.24) is 0 Å². The molecule has 0 bridgehead atoms. The monoisotopic (exact) mass is 540 g/mol. The van der Waals surface area contributed by atoms with Crippen molar-refractivity contribution >= 4 is 23.9 Å². The van der Waals surface area contributed by atoms with E-state index in [4.69, 9.17) is 28.4 Å². The second-order valence-corrected chi connectivity index (χ2v) is 8.63. The fourth-order valence-electron chi connectivity index (χ4n) is 3.04. The maximum absolute atomic E-state index is 12.2. The zero-order chi connectivity index (χ0) is 28.9. The van der Waals surface area contributed by atoms with E-state index in [9.17, 15) is 19.2 Å². The molecule has 2 aromatic carbocycles. The molecule has 0 spiro atoms. The summed E-state index contributed by atoms with van der Waals surface area (Å²) in [6.07, 6.45) is -0.0624. The Hall–Kier alpha value is -4.60. The summed E-state index contributed by atoms with van der Waals surface area (Å²) in [6, 6.07) is 10.1. The van der Waals surface area contributed by atoms with Crippen LogP contribution in [0.3, 0.4) is 0 Å². The van der Waals surface area contributed by atoms with Crippen molar-refractivity contribution in [3.05, 3.63) is 83.0 Å². The van der Waals surface area contributed by atoms with Crippen LogP contribution < -0.4 is 9.47 Å². The zero-order valence-corrected chi connectivity index (χ0v) is 22.5. The smallest absolute Gasteiger partial charge is 0.335 e. The largest absolute Gasteiger partial charge is 0.457 e. The molecule has 0 heterocycles. The molecular weight excluding hydrogens is 508 g/mol. The van der Waals surface area contributed by atoms with Gasteiger partial charge < -0.3 is 28.4 Å². The van der Waals surface area contributed by atoms with E-state index in [0.717, 1.165) is 11.1 Å². The predicted molar refractivity (Wildman–Crippen MR) is 140 cm³/mol. The average Bonchev–Trinajstić information content (AvgIpc) is 2.87. The van der Waals surface area contributed by atoms with Crippen LogP contribution in [0.25, 0.3) is 0 Å². The first kappa shape index (κ1) is 30.6. The molecule has 0 amide bonds. The molecule has 0 atom stereocenters. The molecule has 10 nitrogen and oxygen atoms in total. The minimum absolute atomic E-state index is 0.0312. The molecule has 208 valence electrons. The van der Waals surface area contributed by atoms with Crippen LogP contribution in [0.5, 0.6) is 11.5 Å². The van der Waals surface area contributed by atoms with Crippen LogP contribution in [0, 0.1) is 13.8 Å². The number of carbonyl (C=O) groups excluding carboxylic acids is 4. The first-order valence-corrected chi connectivity index (χ1v) is 11.9. The van der Waals surface area contributed by atoms with Crippen LogP contribution >= 0.6 is 0 Å². The first-order valence-electron chi connectivity index (χ1n) is 11.9. The summed E-state index contributed by atoms with van der Waals surface area (Å²) in [5, 5.41) is 0. The van der Waals surface area contributed by atoms with Gasteiger partial charge in [0.2, 0.25) is 20.4 Å². The summed E-state index contributed by atoms with van der Waals surface area (Å²) in [7, 11) is 0. The van der Waals surface area contributed by atoms with Crippen LogP contribution in [-0.4, -0.2) is 44.3 Å². The summed E-state index contributed by atoms with van der Waals surface area (Å²) < 4.78 is 30.6. The zero-order valence-electron chi connectivity index (χ0n) is 22.5. The Morgan fingerprint density at radius 2 is 1.00 bits per heavy atom. The van der Waals surface area contributed by atoms with Gasteiger partial charge in [0.05, 0.1) is 12.8 Å². The lowest BCUT2D eigenvalue weighted by Gasteiger charge is -2.12. The molecule has 0 fully saturated rings. The van der Waals surface area contributed by atoms with Crippen molar-refractivity contribution < 1.29 is 47.6 Å². The first-order chi connectivity index (χ1) is 18.5. The third-order valence-corrected chi connectivity index (χ3v) is 5.27. The van der Waals surface area contributed by atoms with E-state index in [0.29, 0.717) is 22.6 Å². The molecule has 10 heteroatoms. The van der Waals surface area contributed by atoms with E-state index >= 15 is 0 Å². The number of hydrogen-bond donors (Lipinski definition) is 0. The molecule has 0 aliphatic rings. The summed E-state index contributed by atoms with van der Waals surface area (Å²) >= 11 is 0. The lowest BCUT2D eigenvalue weighted by atomic mass is 10.1. The molecule has 0 saturated heterocycles. The molecule has 39 heavy (non-hydrogen) atoms. The van der Waals surface area contributed by atoms with Crippen LogP contribution in [0.2, 0.25) is 0 Å². The lowest BCUT2D eigenvalue weighted by Crippen LogP contribution is -2.16. The predicted octanol–water partition coefficient (Wildman–Crippen LogP) is 4.04. The Morgan fingerprint density at radius 3 is 1.33 bits per heavy atom. The maximum Gasteiger partial charge on any atom is 0.335 e. The van der Waals surface area contributed by atoms with Crippen molar-refractivity contribution in [2.24, 2.45) is 0 Å². The molecule has 0 aromatic heterocycles. The third kappa shape index (κ3) is 10.7. The van der Waals surface area contributed by atoms with Crippen molar-refractivity contribution in [2.75, 3.05) is 20.4 Å². The summed E-state index contributed by atoms with van der Waals surface area (Å²) in [6.45, 7) is 12.6. The van der Waals surface area contributed by atoms with Gasteiger partial charge in [-0.15, -0.1) is 0 Å². The Bertz CT molecular complexity index is 1150. The Kier molecular flexibility index (Phi) is 11.8. The Morgan fingerprint density at radius 1 is 0.615 bits per heavy atom. The summed E-state index contributed by atoms with van der Waals surface area (Å²) in [5.41, 5.74) is 3.47. The second-order valence-electron chi connectivity index (χ2n) is 8.63. The maximum atomic E-state index is 12.2. The van der Waals surface area contributed by atoms with Crippen LogP contribution in [0.15, 0.2) is 60.7 Å². The highest BCUT2D eigenvalue weighted by atomic mass is 16.7. The summed E-state index contributed by atoms with van der Waals surface area (Å²) in [4.78, 5) is 47.2. The van der Waals surface area contributed by atoms with Gasteiger partial charge >= 0.3 is 23.9 Å². The van der Waals surface area contributed by atoms with Crippen molar-refractivity contribution in [1.29, 1.82) is 0 Å². The topological polar surface area (TPSA) is 124 Å². The van der Waals surface area contributed by atoms with Gasteiger partial charge in [-0.3, -0.25) is 9.59 Å².